The van der Waals surface area contributed by atoms with Crippen LogP contribution in [0.3, 0.4) is 0 Å². The van der Waals surface area contributed by atoms with Crippen molar-refractivity contribution in [1.82, 2.24) is 0 Å². The molecule has 0 aliphatic carbocycles. The van der Waals surface area contributed by atoms with Crippen molar-refractivity contribution < 1.29 is 4.84 Å². The average molecular weight is 245 g/mol. The summed E-state index contributed by atoms with van der Waals surface area (Å²) in [6, 6.07) is 0. The fraction of sp³-hybridized carbons (Fsp3) is 0.750. The van der Waals surface area contributed by atoms with E-state index in [1.165, 1.54) is 7.11 Å². The van der Waals surface area contributed by atoms with Gasteiger partial charge in [-0.15, -0.1) is 0 Å². The fourth-order valence-electron chi connectivity index (χ4n) is 0.167. The van der Waals surface area contributed by atoms with E-state index in [4.69, 9.17) is 0 Å². The molecule has 48 valence electrons. The van der Waals surface area contributed by atoms with Crippen LogP contribution in [0.25, 0.3) is 0 Å². The molecule has 0 aliphatic heterocycles. The lowest BCUT2D eigenvalue weighted by atomic mass is 10.5. The molecule has 1 atom stereocenters. The number of nitrogens with zero attached hydrogens (tertiary/aromatic N) is 1. The minimum absolute atomic E-state index is 0.266. The lowest BCUT2D eigenvalue weighted by Crippen LogP contribution is -1.99. The van der Waals surface area contributed by atoms with Gasteiger partial charge in [-0.05, 0) is 0 Å². The number of halogens is 2. The van der Waals surface area contributed by atoms with E-state index in [0.717, 1.165) is 5.33 Å². The quantitative estimate of drug-likeness (QED) is 0.422. The Morgan fingerprint density at radius 2 is 2.50 bits per heavy atom. The molecule has 4 heteroatoms. The van der Waals surface area contributed by atoms with Crippen LogP contribution in [0, 0.1) is 0 Å². The summed E-state index contributed by atoms with van der Waals surface area (Å²) in [5, 5.41) is 4.39. The Kier molecular flexibility index (Phi) is 5.86. The molecule has 0 aliphatic rings. The van der Waals surface area contributed by atoms with E-state index in [1.54, 1.807) is 6.21 Å². The molecule has 8 heavy (non-hydrogen) atoms. The Balaban J connectivity index is 3.21. The maximum absolute atomic E-state index is 4.43. The van der Waals surface area contributed by atoms with Crippen LogP contribution in [0.2, 0.25) is 0 Å². The second-order valence-corrected chi connectivity index (χ2v) is 2.93. The summed E-state index contributed by atoms with van der Waals surface area (Å²) in [6.45, 7) is 0. The molecule has 0 fully saturated rings. The summed E-state index contributed by atoms with van der Waals surface area (Å²) in [6.07, 6.45) is 1.68. The van der Waals surface area contributed by atoms with Gasteiger partial charge in [-0.1, -0.05) is 37.0 Å². The lowest BCUT2D eigenvalue weighted by Gasteiger charge is -1.92. The standard InChI is InChI=1S/C4H7Br2NO/c1-8-7-3-4(6)2-5/h3-4H,2H2,1H3. The zero-order valence-corrected chi connectivity index (χ0v) is 7.65. The van der Waals surface area contributed by atoms with Gasteiger partial charge in [0.1, 0.15) is 7.11 Å². The minimum Gasteiger partial charge on any atom is -0.399 e. The van der Waals surface area contributed by atoms with Crippen molar-refractivity contribution in [2.45, 2.75) is 4.83 Å². The highest BCUT2D eigenvalue weighted by molar-refractivity contribution is 9.12. The largest absolute Gasteiger partial charge is 0.399 e. The number of hydrogen-bond donors (Lipinski definition) is 0. The molecule has 2 nitrogen and oxygen atoms in total. The van der Waals surface area contributed by atoms with Gasteiger partial charge in [0.15, 0.2) is 0 Å². The molecular weight excluding hydrogens is 238 g/mol. The van der Waals surface area contributed by atoms with Gasteiger partial charge < -0.3 is 4.84 Å². The molecule has 0 N–H and O–H groups in total. The Labute approximate surface area is 65.5 Å². The maximum atomic E-state index is 4.43. The van der Waals surface area contributed by atoms with E-state index in [1.807, 2.05) is 0 Å². The predicted molar refractivity (Wildman–Crippen MR) is 42.0 cm³/mol. The first-order chi connectivity index (χ1) is 3.81. The molecule has 0 amide bonds. The molecule has 0 heterocycles. The van der Waals surface area contributed by atoms with E-state index in [-0.39, 0.29) is 4.83 Å². The Bertz CT molecular complexity index is 76.4. The van der Waals surface area contributed by atoms with Crippen LogP contribution in [-0.2, 0) is 4.84 Å². The molecule has 1 unspecified atom stereocenters. The molecule has 0 rings (SSSR count). The number of alkyl halides is 2. The molecule has 0 spiro atoms. The van der Waals surface area contributed by atoms with Gasteiger partial charge in [0.05, 0.1) is 11.0 Å². The van der Waals surface area contributed by atoms with Gasteiger partial charge in [-0.2, -0.15) is 0 Å². The second-order valence-electron chi connectivity index (χ2n) is 1.11. The van der Waals surface area contributed by atoms with E-state index >= 15 is 0 Å². The van der Waals surface area contributed by atoms with Crippen LogP contribution in [-0.4, -0.2) is 23.5 Å². The average Bonchev–Trinajstić information content (AvgIpc) is 1.83. The predicted octanol–water partition coefficient (Wildman–Crippen LogP) is 1.78. The monoisotopic (exact) mass is 243 g/mol. The Hall–Kier alpha value is 0.430. The summed E-state index contributed by atoms with van der Waals surface area (Å²) in [5.74, 6) is 0. The van der Waals surface area contributed by atoms with Crippen LogP contribution < -0.4 is 0 Å². The van der Waals surface area contributed by atoms with Gasteiger partial charge in [0.2, 0.25) is 0 Å². The van der Waals surface area contributed by atoms with Crippen molar-refractivity contribution in [3.05, 3.63) is 0 Å². The minimum atomic E-state index is 0.266. The topological polar surface area (TPSA) is 21.6 Å². The third-order valence-electron chi connectivity index (χ3n) is 0.475. The normalized spacial score (nSPS) is 14.4. The SMILES string of the molecule is CON=CC(Br)CBr. The molecule has 0 aromatic rings. The van der Waals surface area contributed by atoms with Gasteiger partial charge in [0.25, 0.3) is 0 Å². The van der Waals surface area contributed by atoms with Crippen LogP contribution in [0.5, 0.6) is 0 Å². The molecule has 0 radical (unpaired) electrons. The first-order valence-corrected chi connectivity index (χ1v) is 4.11. The first-order valence-electron chi connectivity index (χ1n) is 2.08. The highest BCUT2D eigenvalue weighted by atomic mass is 79.9. The lowest BCUT2D eigenvalue weighted by molar-refractivity contribution is 0.215. The maximum Gasteiger partial charge on any atom is 0.106 e. The van der Waals surface area contributed by atoms with E-state index in [9.17, 15) is 0 Å². The molecule has 0 aromatic carbocycles. The molecule has 0 aromatic heterocycles. The molecule has 0 bridgehead atoms. The third-order valence-corrected chi connectivity index (χ3v) is 2.60. The smallest absolute Gasteiger partial charge is 0.106 e. The molecule has 0 saturated carbocycles. The van der Waals surface area contributed by atoms with Crippen molar-refractivity contribution in [2.24, 2.45) is 5.16 Å². The zero-order valence-electron chi connectivity index (χ0n) is 4.47. The van der Waals surface area contributed by atoms with Crippen molar-refractivity contribution in [2.75, 3.05) is 12.4 Å². The van der Waals surface area contributed by atoms with Crippen LogP contribution in [0.15, 0.2) is 5.16 Å². The number of hydrogen-bond acceptors (Lipinski definition) is 2. The fourth-order valence-corrected chi connectivity index (χ4v) is 0.430. The molecule has 0 saturated heterocycles. The van der Waals surface area contributed by atoms with E-state index < -0.39 is 0 Å². The van der Waals surface area contributed by atoms with Crippen molar-refractivity contribution >= 4 is 38.1 Å². The van der Waals surface area contributed by atoms with Crippen molar-refractivity contribution in [3.8, 4) is 0 Å². The second kappa shape index (κ2) is 5.56. The third kappa shape index (κ3) is 4.59. The van der Waals surface area contributed by atoms with Gasteiger partial charge in [-0.25, -0.2) is 0 Å². The van der Waals surface area contributed by atoms with Gasteiger partial charge in [0, 0.05) is 5.33 Å². The van der Waals surface area contributed by atoms with Crippen molar-refractivity contribution in [3.63, 3.8) is 0 Å². The van der Waals surface area contributed by atoms with Gasteiger partial charge >= 0.3 is 0 Å². The van der Waals surface area contributed by atoms with E-state index in [0.29, 0.717) is 0 Å². The number of oxime groups is 1. The summed E-state index contributed by atoms with van der Waals surface area (Å²) in [4.78, 5) is 4.70. The Morgan fingerprint density at radius 1 is 1.88 bits per heavy atom. The summed E-state index contributed by atoms with van der Waals surface area (Å²) in [5.41, 5.74) is 0. The van der Waals surface area contributed by atoms with Crippen LogP contribution >= 0.6 is 31.9 Å². The van der Waals surface area contributed by atoms with Gasteiger partial charge in [-0.3, -0.25) is 0 Å². The summed E-state index contributed by atoms with van der Waals surface area (Å²) >= 11 is 6.55. The number of rotatable bonds is 3. The summed E-state index contributed by atoms with van der Waals surface area (Å²) < 4.78 is 0. The van der Waals surface area contributed by atoms with E-state index in [2.05, 4.69) is 41.9 Å². The summed E-state index contributed by atoms with van der Waals surface area (Å²) in [7, 11) is 1.52. The van der Waals surface area contributed by atoms with Crippen LogP contribution in [0.1, 0.15) is 0 Å². The Morgan fingerprint density at radius 3 is 2.88 bits per heavy atom. The first kappa shape index (κ1) is 8.43. The zero-order chi connectivity index (χ0) is 6.41. The van der Waals surface area contributed by atoms with Crippen LogP contribution in [0.4, 0.5) is 0 Å². The molecular formula is C4H7Br2NO. The van der Waals surface area contributed by atoms with Crippen molar-refractivity contribution in [1.29, 1.82) is 0 Å². The highest BCUT2D eigenvalue weighted by Crippen LogP contribution is 1.99. The highest BCUT2D eigenvalue weighted by Gasteiger charge is 1.93.